The van der Waals surface area contributed by atoms with Crippen molar-refractivity contribution >= 4 is 11.8 Å². The molecule has 0 saturated heterocycles. The summed E-state index contributed by atoms with van der Waals surface area (Å²) in [5.41, 5.74) is 1.44. The smallest absolute Gasteiger partial charge is 0.0248 e. The van der Waals surface area contributed by atoms with E-state index in [1.54, 1.807) is 0 Å². The third-order valence-corrected chi connectivity index (χ3v) is 5.16. The Balaban J connectivity index is 1.96. The Kier molecular flexibility index (Phi) is 5.13. The fourth-order valence-electron chi connectivity index (χ4n) is 2.67. The Morgan fingerprint density at radius 2 is 1.94 bits per heavy atom. The Hall–Kier alpha value is -0.470. The van der Waals surface area contributed by atoms with Gasteiger partial charge in [0.1, 0.15) is 0 Å². The number of thioether (sulfide) groups is 1. The van der Waals surface area contributed by atoms with E-state index >= 15 is 0 Å². The van der Waals surface area contributed by atoms with Gasteiger partial charge in [-0.2, -0.15) is 0 Å². The number of nitrogens with one attached hydrogen (secondary N) is 1. The molecule has 0 aliphatic heterocycles. The van der Waals surface area contributed by atoms with E-state index in [1.165, 1.54) is 29.7 Å². The lowest BCUT2D eigenvalue weighted by Crippen LogP contribution is -2.33. The van der Waals surface area contributed by atoms with Gasteiger partial charge in [-0.05, 0) is 43.0 Å². The van der Waals surface area contributed by atoms with Crippen molar-refractivity contribution in [1.82, 2.24) is 5.32 Å². The van der Waals surface area contributed by atoms with E-state index in [0.717, 1.165) is 11.8 Å². The molecule has 2 heteroatoms. The zero-order valence-corrected chi connectivity index (χ0v) is 12.6. The van der Waals surface area contributed by atoms with Crippen molar-refractivity contribution in [2.75, 3.05) is 6.54 Å². The van der Waals surface area contributed by atoms with E-state index in [9.17, 15) is 0 Å². The maximum Gasteiger partial charge on any atom is 0.0248 e. The molecule has 0 spiro atoms. The molecular weight excluding hydrogens is 238 g/mol. The Bertz CT molecular complexity index is 358. The second-order valence-corrected chi connectivity index (χ2v) is 6.79. The molecule has 100 valence electrons. The Morgan fingerprint density at radius 1 is 1.22 bits per heavy atom. The third kappa shape index (κ3) is 3.52. The van der Waals surface area contributed by atoms with Crippen LogP contribution in [0, 0.1) is 0 Å². The van der Waals surface area contributed by atoms with Crippen LogP contribution >= 0.6 is 11.8 Å². The molecule has 2 rings (SSSR count). The van der Waals surface area contributed by atoms with Gasteiger partial charge in [0.25, 0.3) is 0 Å². The summed E-state index contributed by atoms with van der Waals surface area (Å²) >= 11 is 2.06. The molecule has 0 bridgehead atoms. The first kappa shape index (κ1) is 14.0. The number of hydrogen-bond donors (Lipinski definition) is 1. The first-order chi connectivity index (χ1) is 8.70. The van der Waals surface area contributed by atoms with Gasteiger partial charge in [0.05, 0.1) is 0 Å². The summed E-state index contributed by atoms with van der Waals surface area (Å²) in [5, 5.41) is 4.38. The van der Waals surface area contributed by atoms with Crippen LogP contribution in [0.4, 0.5) is 0 Å². The average Bonchev–Trinajstić information content (AvgIpc) is 2.78. The van der Waals surface area contributed by atoms with Gasteiger partial charge in [0.2, 0.25) is 0 Å². The first-order valence-corrected chi connectivity index (χ1v) is 8.08. The highest BCUT2D eigenvalue weighted by atomic mass is 32.2. The van der Waals surface area contributed by atoms with Crippen LogP contribution in [0.2, 0.25) is 0 Å². The molecule has 1 aliphatic carbocycles. The normalized spacial score (nSPS) is 23.8. The van der Waals surface area contributed by atoms with Crippen LogP contribution in [0.5, 0.6) is 0 Å². The zero-order valence-electron chi connectivity index (χ0n) is 11.8. The van der Waals surface area contributed by atoms with E-state index in [1.807, 2.05) is 0 Å². The SMILES string of the molecule is CCNC1CCCC1Sc1ccc(C(C)C)cc1. The molecule has 1 fully saturated rings. The molecule has 1 N–H and O–H groups in total. The van der Waals surface area contributed by atoms with E-state index in [-0.39, 0.29) is 0 Å². The number of rotatable bonds is 5. The van der Waals surface area contributed by atoms with Crippen molar-refractivity contribution in [2.45, 2.75) is 62.1 Å². The van der Waals surface area contributed by atoms with Crippen molar-refractivity contribution in [3.05, 3.63) is 29.8 Å². The van der Waals surface area contributed by atoms with Gasteiger partial charge in [-0.3, -0.25) is 0 Å². The van der Waals surface area contributed by atoms with Gasteiger partial charge < -0.3 is 5.32 Å². The summed E-state index contributed by atoms with van der Waals surface area (Å²) in [4.78, 5) is 1.43. The molecule has 1 aromatic rings. The minimum absolute atomic E-state index is 0.630. The molecule has 0 radical (unpaired) electrons. The predicted octanol–water partition coefficient (Wildman–Crippen LogP) is 4.43. The first-order valence-electron chi connectivity index (χ1n) is 7.20. The van der Waals surface area contributed by atoms with Gasteiger partial charge in [-0.15, -0.1) is 11.8 Å². The maximum absolute atomic E-state index is 3.62. The van der Waals surface area contributed by atoms with E-state index in [4.69, 9.17) is 0 Å². The van der Waals surface area contributed by atoms with E-state index in [0.29, 0.717) is 12.0 Å². The second kappa shape index (κ2) is 6.63. The Morgan fingerprint density at radius 3 is 2.56 bits per heavy atom. The predicted molar refractivity (Wildman–Crippen MR) is 81.5 cm³/mol. The van der Waals surface area contributed by atoms with Crippen molar-refractivity contribution in [1.29, 1.82) is 0 Å². The van der Waals surface area contributed by atoms with Gasteiger partial charge in [0.15, 0.2) is 0 Å². The van der Waals surface area contributed by atoms with Crippen LogP contribution in [0.15, 0.2) is 29.2 Å². The molecule has 2 unspecified atom stereocenters. The van der Waals surface area contributed by atoms with Crippen LogP contribution in [-0.4, -0.2) is 17.8 Å². The fourth-order valence-corrected chi connectivity index (χ4v) is 3.99. The van der Waals surface area contributed by atoms with Crippen molar-refractivity contribution < 1.29 is 0 Å². The average molecular weight is 263 g/mol. The molecule has 18 heavy (non-hydrogen) atoms. The minimum Gasteiger partial charge on any atom is -0.313 e. The van der Waals surface area contributed by atoms with Crippen LogP contribution in [0.3, 0.4) is 0 Å². The van der Waals surface area contributed by atoms with E-state index in [2.05, 4.69) is 62.1 Å². The van der Waals surface area contributed by atoms with Crippen LogP contribution < -0.4 is 5.32 Å². The lowest BCUT2D eigenvalue weighted by molar-refractivity contribution is 0.551. The summed E-state index contributed by atoms with van der Waals surface area (Å²) in [6.45, 7) is 7.80. The lowest BCUT2D eigenvalue weighted by Gasteiger charge is -2.20. The molecule has 0 aromatic heterocycles. The second-order valence-electron chi connectivity index (χ2n) is 5.48. The highest BCUT2D eigenvalue weighted by Gasteiger charge is 2.27. The molecule has 0 heterocycles. The van der Waals surface area contributed by atoms with Gasteiger partial charge in [-0.25, -0.2) is 0 Å². The summed E-state index contributed by atoms with van der Waals surface area (Å²) in [7, 11) is 0. The molecular formula is C16H25NS. The standard InChI is InChI=1S/C16H25NS/c1-4-17-15-6-5-7-16(15)18-14-10-8-13(9-11-14)12(2)3/h8-12,15-17H,4-7H2,1-3H3. The maximum atomic E-state index is 3.62. The van der Waals surface area contributed by atoms with Crippen LogP contribution in [-0.2, 0) is 0 Å². The van der Waals surface area contributed by atoms with E-state index < -0.39 is 0 Å². The summed E-state index contributed by atoms with van der Waals surface area (Å²) < 4.78 is 0. The Labute approximate surface area is 116 Å². The molecule has 1 saturated carbocycles. The molecule has 2 atom stereocenters. The van der Waals surface area contributed by atoms with Crippen molar-refractivity contribution in [3.8, 4) is 0 Å². The van der Waals surface area contributed by atoms with Gasteiger partial charge >= 0.3 is 0 Å². The highest BCUT2D eigenvalue weighted by molar-refractivity contribution is 8.00. The summed E-state index contributed by atoms with van der Waals surface area (Å²) in [6, 6.07) is 9.86. The topological polar surface area (TPSA) is 12.0 Å². The lowest BCUT2D eigenvalue weighted by atomic mass is 10.0. The number of hydrogen-bond acceptors (Lipinski definition) is 2. The van der Waals surface area contributed by atoms with Gasteiger partial charge in [0, 0.05) is 16.2 Å². The molecule has 0 amide bonds. The monoisotopic (exact) mass is 263 g/mol. The molecule has 1 aromatic carbocycles. The number of benzene rings is 1. The highest BCUT2D eigenvalue weighted by Crippen LogP contribution is 2.35. The molecule has 1 aliphatic rings. The van der Waals surface area contributed by atoms with Crippen LogP contribution in [0.25, 0.3) is 0 Å². The van der Waals surface area contributed by atoms with Gasteiger partial charge in [-0.1, -0.05) is 39.3 Å². The van der Waals surface area contributed by atoms with Crippen molar-refractivity contribution in [2.24, 2.45) is 0 Å². The van der Waals surface area contributed by atoms with Crippen molar-refractivity contribution in [3.63, 3.8) is 0 Å². The fraction of sp³-hybridized carbons (Fsp3) is 0.625. The minimum atomic E-state index is 0.630. The molecule has 1 nitrogen and oxygen atoms in total. The third-order valence-electron chi connectivity index (χ3n) is 3.75. The summed E-state index contributed by atoms with van der Waals surface area (Å²) in [5.74, 6) is 0.630. The van der Waals surface area contributed by atoms with Crippen LogP contribution in [0.1, 0.15) is 51.5 Å². The largest absolute Gasteiger partial charge is 0.313 e. The zero-order chi connectivity index (χ0) is 13.0. The summed E-state index contributed by atoms with van der Waals surface area (Å²) in [6.07, 6.45) is 4.07. The quantitative estimate of drug-likeness (QED) is 0.843.